The van der Waals surface area contributed by atoms with E-state index in [9.17, 15) is 4.79 Å². The Bertz CT molecular complexity index is 884. The topological polar surface area (TPSA) is 35.5 Å². The Kier molecular flexibility index (Phi) is 12.8. The smallest absolute Gasteiger partial charge is 0.394 e. The summed E-state index contributed by atoms with van der Waals surface area (Å²) in [5.41, 5.74) is 6.41. The Morgan fingerprint density at radius 1 is 0.559 bits per heavy atom. The summed E-state index contributed by atoms with van der Waals surface area (Å²) in [7, 11) is 0. The first-order chi connectivity index (χ1) is 16.6. The van der Waals surface area contributed by atoms with Crippen LogP contribution in [0.3, 0.4) is 0 Å². The van der Waals surface area contributed by atoms with Gasteiger partial charge in [0.2, 0.25) is 0 Å². The molecule has 2 aromatic carbocycles. The summed E-state index contributed by atoms with van der Waals surface area (Å²) < 4.78 is 11.7. The lowest BCUT2D eigenvalue weighted by Crippen LogP contribution is -2.17. The van der Waals surface area contributed by atoms with Gasteiger partial charge in [-0.05, 0) is 91.3 Å². The highest BCUT2D eigenvalue weighted by atomic mass is 16.7. The Morgan fingerprint density at radius 2 is 1.12 bits per heavy atom. The van der Waals surface area contributed by atoms with Crippen LogP contribution in [-0.2, 0) is 32.1 Å². The third-order valence-corrected chi connectivity index (χ3v) is 6.48. The molecule has 0 radical (unpaired) electrons. The Morgan fingerprint density at radius 3 is 1.74 bits per heavy atom. The lowest BCUT2D eigenvalue weighted by atomic mass is 9.90. The quantitative estimate of drug-likeness (QED) is 0.194. The molecule has 3 heteroatoms. The Balaban J connectivity index is 2.34. The van der Waals surface area contributed by atoms with Crippen LogP contribution in [0.2, 0.25) is 0 Å². The second-order valence-electron chi connectivity index (χ2n) is 9.34. The van der Waals surface area contributed by atoms with E-state index >= 15 is 0 Å². The number of carbonyl (C=O) groups excluding carboxylic acids is 1. The molecule has 0 bridgehead atoms. The van der Waals surface area contributed by atoms with Crippen molar-refractivity contribution in [2.75, 3.05) is 0 Å². The predicted octanol–water partition coefficient (Wildman–Crippen LogP) is 9.20. The van der Waals surface area contributed by atoms with Crippen molar-refractivity contribution in [1.82, 2.24) is 0 Å². The van der Waals surface area contributed by atoms with Gasteiger partial charge in [0.1, 0.15) is 11.5 Å². The van der Waals surface area contributed by atoms with E-state index in [2.05, 4.69) is 46.8 Å². The molecule has 0 aliphatic heterocycles. The van der Waals surface area contributed by atoms with Crippen LogP contribution < -0.4 is 9.47 Å². The molecule has 2 rings (SSSR count). The van der Waals surface area contributed by atoms with Gasteiger partial charge in [-0.3, -0.25) is 0 Å². The number of benzene rings is 2. The van der Waals surface area contributed by atoms with Gasteiger partial charge in [0.15, 0.2) is 0 Å². The van der Waals surface area contributed by atoms with Gasteiger partial charge in [0, 0.05) is 0 Å². The summed E-state index contributed by atoms with van der Waals surface area (Å²) in [4.78, 5) is 13.0. The highest BCUT2D eigenvalue weighted by Crippen LogP contribution is 2.31. The lowest BCUT2D eigenvalue weighted by molar-refractivity contribution is 0.151. The molecular weight excluding hydrogens is 420 g/mol. The maximum absolute atomic E-state index is 13.0. The van der Waals surface area contributed by atoms with Crippen molar-refractivity contribution in [2.45, 2.75) is 118 Å². The summed E-state index contributed by atoms with van der Waals surface area (Å²) >= 11 is 0. The van der Waals surface area contributed by atoms with Crippen LogP contribution in [0, 0.1) is 0 Å². The van der Waals surface area contributed by atoms with Crippen molar-refractivity contribution in [3.05, 3.63) is 58.1 Å². The summed E-state index contributed by atoms with van der Waals surface area (Å²) in [5.74, 6) is 1.31. The largest absolute Gasteiger partial charge is 0.519 e. The van der Waals surface area contributed by atoms with Gasteiger partial charge in [-0.1, -0.05) is 84.9 Å². The zero-order chi connectivity index (χ0) is 24.8. The number of carbonyl (C=O) groups is 1. The number of rotatable bonds is 15. The van der Waals surface area contributed by atoms with E-state index in [0.29, 0.717) is 11.5 Å². The predicted molar refractivity (Wildman–Crippen MR) is 143 cm³/mol. The van der Waals surface area contributed by atoms with Crippen molar-refractivity contribution in [3.63, 3.8) is 0 Å². The second kappa shape index (κ2) is 15.6. The molecule has 0 aliphatic carbocycles. The first kappa shape index (κ1) is 28.0. The van der Waals surface area contributed by atoms with E-state index in [-0.39, 0.29) is 0 Å². The molecule has 0 heterocycles. The fraction of sp³-hybridized carbons (Fsp3) is 0.581. The van der Waals surface area contributed by atoms with Crippen LogP contribution in [0.1, 0.15) is 114 Å². The van der Waals surface area contributed by atoms with Crippen LogP contribution in [0.5, 0.6) is 11.5 Å². The number of ether oxygens (including phenoxy) is 2. The van der Waals surface area contributed by atoms with E-state index in [1.54, 1.807) is 0 Å². The maximum atomic E-state index is 13.0. The third kappa shape index (κ3) is 8.18. The minimum absolute atomic E-state index is 0.633. The maximum Gasteiger partial charge on any atom is 0.519 e. The van der Waals surface area contributed by atoms with Gasteiger partial charge in [0.25, 0.3) is 0 Å². The molecular formula is C31H46O3. The highest BCUT2D eigenvalue weighted by Gasteiger charge is 2.19. The molecule has 0 aliphatic rings. The summed E-state index contributed by atoms with van der Waals surface area (Å²) in [6, 6.07) is 10.2. The lowest BCUT2D eigenvalue weighted by Gasteiger charge is -2.19. The van der Waals surface area contributed by atoms with Crippen LogP contribution in [-0.4, -0.2) is 6.16 Å². The van der Waals surface area contributed by atoms with Crippen molar-refractivity contribution >= 4 is 6.16 Å². The van der Waals surface area contributed by atoms with Gasteiger partial charge < -0.3 is 9.47 Å². The van der Waals surface area contributed by atoms with Crippen molar-refractivity contribution < 1.29 is 14.3 Å². The van der Waals surface area contributed by atoms with E-state index < -0.39 is 6.16 Å². The molecule has 0 fully saturated rings. The Labute approximate surface area is 208 Å². The molecule has 0 aromatic heterocycles. The average Bonchev–Trinajstić information content (AvgIpc) is 2.83. The zero-order valence-corrected chi connectivity index (χ0v) is 22.3. The minimum atomic E-state index is -0.633. The van der Waals surface area contributed by atoms with Crippen LogP contribution >= 0.6 is 0 Å². The van der Waals surface area contributed by atoms with Crippen molar-refractivity contribution in [1.29, 1.82) is 0 Å². The van der Waals surface area contributed by atoms with Gasteiger partial charge in [-0.2, -0.15) is 0 Å². The molecule has 0 saturated heterocycles. The fourth-order valence-electron chi connectivity index (χ4n) is 4.65. The van der Waals surface area contributed by atoms with Crippen LogP contribution in [0.25, 0.3) is 0 Å². The van der Waals surface area contributed by atoms with Gasteiger partial charge >= 0.3 is 6.16 Å². The molecule has 2 aromatic rings. The SMILES string of the molecule is CCCCc1ccc(OC(=O)Oc2cccc(CCC)c2CCC)c(CCCC)c1CCCC. The van der Waals surface area contributed by atoms with Crippen molar-refractivity contribution in [3.8, 4) is 11.5 Å². The number of unbranched alkanes of at least 4 members (excludes halogenated alkanes) is 3. The number of hydrogen-bond acceptors (Lipinski definition) is 3. The van der Waals surface area contributed by atoms with Crippen LogP contribution in [0.15, 0.2) is 30.3 Å². The first-order valence-corrected chi connectivity index (χ1v) is 13.7. The molecule has 0 unspecified atom stereocenters. The first-order valence-electron chi connectivity index (χ1n) is 13.7. The normalized spacial score (nSPS) is 11.0. The highest BCUT2D eigenvalue weighted by molar-refractivity contribution is 5.69. The van der Waals surface area contributed by atoms with Crippen molar-refractivity contribution in [2.24, 2.45) is 0 Å². The van der Waals surface area contributed by atoms with Crippen LogP contribution in [0.4, 0.5) is 4.79 Å². The number of hydrogen-bond donors (Lipinski definition) is 0. The molecule has 3 nitrogen and oxygen atoms in total. The fourth-order valence-corrected chi connectivity index (χ4v) is 4.65. The van der Waals surface area contributed by atoms with Gasteiger partial charge in [-0.15, -0.1) is 0 Å². The molecule has 0 amide bonds. The second-order valence-corrected chi connectivity index (χ2v) is 9.34. The Hall–Kier alpha value is -2.29. The van der Waals surface area contributed by atoms with E-state index in [1.807, 2.05) is 18.2 Å². The number of aryl methyl sites for hydroxylation is 2. The molecule has 0 N–H and O–H groups in total. The zero-order valence-electron chi connectivity index (χ0n) is 22.3. The monoisotopic (exact) mass is 466 g/mol. The molecule has 0 saturated carbocycles. The molecule has 0 spiro atoms. The summed E-state index contributed by atoms with van der Waals surface area (Å²) in [6.07, 6.45) is 13.3. The standard InChI is InChI=1S/C31H46O3/c1-6-11-17-25-22-23-30(28(20-13-8-3)26(25)19-12-7-2)34-31(32)33-29-21-14-18-24(15-9-4)27(29)16-10-5/h14,18,21-23H,6-13,15-17,19-20H2,1-5H3. The van der Waals surface area contributed by atoms with Gasteiger partial charge in [-0.25, -0.2) is 4.79 Å². The van der Waals surface area contributed by atoms with E-state index in [1.165, 1.54) is 35.1 Å². The van der Waals surface area contributed by atoms with E-state index in [0.717, 1.165) is 76.2 Å². The van der Waals surface area contributed by atoms with Gasteiger partial charge in [0.05, 0.1) is 0 Å². The summed E-state index contributed by atoms with van der Waals surface area (Å²) in [6.45, 7) is 11.0. The molecule has 34 heavy (non-hydrogen) atoms. The third-order valence-electron chi connectivity index (χ3n) is 6.48. The van der Waals surface area contributed by atoms with E-state index in [4.69, 9.17) is 9.47 Å². The molecule has 0 atom stereocenters. The minimum Gasteiger partial charge on any atom is -0.394 e. The summed E-state index contributed by atoms with van der Waals surface area (Å²) in [5, 5.41) is 0. The molecule has 188 valence electrons. The average molecular weight is 467 g/mol.